The Kier molecular flexibility index (Phi) is 8.22. The summed E-state index contributed by atoms with van der Waals surface area (Å²) in [6.07, 6.45) is 0. The second-order valence-corrected chi connectivity index (χ2v) is 5.41. The highest BCUT2D eigenvalue weighted by Crippen LogP contribution is 2.30. The highest BCUT2D eigenvalue weighted by Gasteiger charge is 2.15. The van der Waals surface area contributed by atoms with E-state index in [1.165, 1.54) is 40.6 Å². The summed E-state index contributed by atoms with van der Waals surface area (Å²) in [7, 11) is 5.52. The van der Waals surface area contributed by atoms with E-state index < -0.39 is 11.9 Å². The van der Waals surface area contributed by atoms with E-state index in [-0.39, 0.29) is 11.3 Å². The van der Waals surface area contributed by atoms with Crippen molar-refractivity contribution in [3.05, 3.63) is 46.5 Å². The molecule has 0 saturated heterocycles. The third-order valence-corrected chi connectivity index (χ3v) is 3.64. The van der Waals surface area contributed by atoms with Crippen LogP contribution < -0.4 is 20.9 Å². The Morgan fingerprint density at radius 2 is 1.33 bits per heavy atom. The maximum atomic E-state index is 11.2. The Morgan fingerprint density at radius 1 is 0.815 bits per heavy atom. The van der Waals surface area contributed by atoms with Gasteiger partial charge >= 0.3 is 11.9 Å². The van der Waals surface area contributed by atoms with Gasteiger partial charge < -0.3 is 30.4 Å². The molecular weight excluding hydrogens is 376 g/mol. The van der Waals surface area contributed by atoms with E-state index >= 15 is 0 Å². The van der Waals surface area contributed by atoms with Gasteiger partial charge in [-0.05, 0) is 18.2 Å². The van der Waals surface area contributed by atoms with Gasteiger partial charge in [0.25, 0.3) is 0 Å². The topological polar surface area (TPSA) is 123 Å². The van der Waals surface area contributed by atoms with Crippen molar-refractivity contribution in [2.75, 3.05) is 39.9 Å². The molecule has 2 rings (SSSR count). The molecule has 0 saturated carbocycles. The van der Waals surface area contributed by atoms with Gasteiger partial charge in [-0.1, -0.05) is 17.7 Å². The monoisotopic (exact) mass is 396 g/mol. The minimum absolute atomic E-state index is 0.205. The summed E-state index contributed by atoms with van der Waals surface area (Å²) in [5.41, 5.74) is 12.4. The van der Waals surface area contributed by atoms with Crippen molar-refractivity contribution in [2.45, 2.75) is 0 Å². The Morgan fingerprint density at radius 3 is 1.85 bits per heavy atom. The number of ether oxygens (including phenoxy) is 4. The molecule has 0 aliphatic rings. The summed E-state index contributed by atoms with van der Waals surface area (Å²) in [4.78, 5) is 22.4. The van der Waals surface area contributed by atoms with Gasteiger partial charge in [-0.2, -0.15) is 0 Å². The van der Waals surface area contributed by atoms with E-state index in [4.69, 9.17) is 32.5 Å². The summed E-state index contributed by atoms with van der Waals surface area (Å²) in [6, 6.07) is 7.92. The zero-order chi connectivity index (χ0) is 20.6. The molecule has 2 aromatic rings. The number of hydrogen-bond acceptors (Lipinski definition) is 8. The fraction of sp³-hybridized carbons (Fsp3) is 0.222. The van der Waals surface area contributed by atoms with Gasteiger partial charge in [0, 0.05) is 11.1 Å². The van der Waals surface area contributed by atoms with Crippen LogP contribution in [0, 0.1) is 0 Å². The van der Waals surface area contributed by atoms with E-state index in [0.717, 1.165) is 0 Å². The number of nitrogens with two attached hydrogens (primary N) is 2. The maximum Gasteiger partial charge on any atom is 0.340 e. The van der Waals surface area contributed by atoms with Crippen LogP contribution in [-0.2, 0) is 9.47 Å². The smallest absolute Gasteiger partial charge is 0.340 e. The van der Waals surface area contributed by atoms with Crippen LogP contribution in [-0.4, -0.2) is 40.4 Å². The first-order valence-electron chi connectivity index (χ1n) is 7.52. The zero-order valence-corrected chi connectivity index (χ0v) is 16.1. The van der Waals surface area contributed by atoms with Crippen LogP contribution in [0.1, 0.15) is 20.7 Å². The Balaban J connectivity index is 0.000000271. The number of methoxy groups -OCH3 is 4. The number of benzene rings is 2. The average Bonchev–Trinajstić information content (AvgIpc) is 2.68. The normalized spacial score (nSPS) is 9.52. The predicted octanol–water partition coefficient (Wildman–Crippen LogP) is 2.78. The van der Waals surface area contributed by atoms with E-state index in [2.05, 4.69) is 9.47 Å². The quantitative estimate of drug-likeness (QED) is 0.597. The molecule has 0 bridgehead atoms. The predicted molar refractivity (Wildman–Crippen MR) is 103 cm³/mol. The number of nitrogen functional groups attached to an aromatic ring is 2. The molecule has 0 aromatic heterocycles. The fourth-order valence-electron chi connectivity index (χ4n) is 2.05. The highest BCUT2D eigenvalue weighted by molar-refractivity contribution is 6.31. The molecule has 4 N–H and O–H groups in total. The molecule has 27 heavy (non-hydrogen) atoms. The largest absolute Gasteiger partial charge is 0.495 e. The van der Waals surface area contributed by atoms with Crippen LogP contribution >= 0.6 is 11.6 Å². The van der Waals surface area contributed by atoms with Crippen molar-refractivity contribution in [3.8, 4) is 11.5 Å². The molecule has 0 spiro atoms. The molecule has 0 unspecified atom stereocenters. The number of anilines is 2. The van der Waals surface area contributed by atoms with Crippen LogP contribution in [0.2, 0.25) is 5.02 Å². The molecule has 0 aliphatic carbocycles. The van der Waals surface area contributed by atoms with Crippen LogP contribution in [0.3, 0.4) is 0 Å². The zero-order valence-electron chi connectivity index (χ0n) is 15.4. The molecule has 9 heteroatoms. The first-order chi connectivity index (χ1) is 12.8. The summed E-state index contributed by atoms with van der Waals surface area (Å²) in [5, 5.41) is 0.372. The number of hydrogen-bond donors (Lipinski definition) is 2. The lowest BCUT2D eigenvalue weighted by Gasteiger charge is -2.09. The van der Waals surface area contributed by atoms with Crippen molar-refractivity contribution in [1.82, 2.24) is 0 Å². The second kappa shape index (κ2) is 10.1. The number of rotatable bonds is 4. The highest BCUT2D eigenvalue weighted by atomic mass is 35.5. The maximum absolute atomic E-state index is 11.2. The van der Waals surface area contributed by atoms with Gasteiger partial charge in [0.15, 0.2) is 0 Å². The van der Waals surface area contributed by atoms with Crippen molar-refractivity contribution in [3.63, 3.8) is 0 Å². The second-order valence-electron chi connectivity index (χ2n) is 4.97. The SMILES string of the molecule is COC(=O)c1cc(Cl)cc(OC)c1N.COC(=O)c1cccc(OC)c1N. The molecule has 0 fully saturated rings. The van der Waals surface area contributed by atoms with Gasteiger partial charge in [0.05, 0.1) is 50.9 Å². The summed E-state index contributed by atoms with van der Waals surface area (Å²) >= 11 is 5.76. The summed E-state index contributed by atoms with van der Waals surface area (Å²) in [5.74, 6) is -0.166. The first-order valence-corrected chi connectivity index (χ1v) is 7.90. The van der Waals surface area contributed by atoms with Gasteiger partial charge in [0.1, 0.15) is 11.5 Å². The van der Waals surface area contributed by atoms with Crippen LogP contribution in [0.15, 0.2) is 30.3 Å². The fourth-order valence-corrected chi connectivity index (χ4v) is 2.26. The number of halogens is 1. The molecule has 2 aromatic carbocycles. The van der Waals surface area contributed by atoms with Crippen LogP contribution in [0.5, 0.6) is 11.5 Å². The first kappa shape index (κ1) is 21.9. The molecule has 0 radical (unpaired) electrons. The average molecular weight is 397 g/mol. The third kappa shape index (κ3) is 5.42. The lowest BCUT2D eigenvalue weighted by molar-refractivity contribution is 0.0592. The number of carbonyl (C=O) groups excluding carboxylic acids is 2. The van der Waals surface area contributed by atoms with E-state index in [1.54, 1.807) is 18.2 Å². The Bertz CT molecular complexity index is 826. The standard InChI is InChI=1S/C9H10ClNO3.C9H11NO3/c1-13-7-4-5(10)3-6(8(7)11)9(12)14-2;1-12-7-5-3-4-6(8(7)10)9(11)13-2/h3-4H,11H2,1-2H3;3-5H,10H2,1-2H3. The molecule has 8 nitrogen and oxygen atoms in total. The van der Waals surface area contributed by atoms with Crippen molar-refractivity contribution < 1.29 is 28.5 Å². The minimum atomic E-state index is -0.539. The number of carbonyl (C=O) groups is 2. The number of esters is 2. The molecule has 0 amide bonds. The molecule has 0 heterocycles. The molecule has 146 valence electrons. The number of para-hydroxylation sites is 1. The Labute approximate surface area is 161 Å². The van der Waals surface area contributed by atoms with Crippen molar-refractivity contribution >= 4 is 34.9 Å². The van der Waals surface area contributed by atoms with E-state index in [0.29, 0.717) is 27.8 Å². The molecular formula is C18H21ClN2O6. The van der Waals surface area contributed by atoms with Gasteiger partial charge in [0.2, 0.25) is 0 Å². The lowest BCUT2D eigenvalue weighted by atomic mass is 10.1. The van der Waals surface area contributed by atoms with Gasteiger partial charge in [-0.25, -0.2) is 9.59 Å². The van der Waals surface area contributed by atoms with Gasteiger partial charge in [-0.3, -0.25) is 0 Å². The van der Waals surface area contributed by atoms with E-state index in [9.17, 15) is 9.59 Å². The lowest BCUT2D eigenvalue weighted by Crippen LogP contribution is -2.06. The summed E-state index contributed by atoms with van der Waals surface area (Å²) < 4.78 is 19.0. The molecule has 0 atom stereocenters. The van der Waals surface area contributed by atoms with Crippen LogP contribution in [0.25, 0.3) is 0 Å². The third-order valence-electron chi connectivity index (χ3n) is 3.42. The van der Waals surface area contributed by atoms with Crippen molar-refractivity contribution in [1.29, 1.82) is 0 Å². The van der Waals surface area contributed by atoms with Gasteiger partial charge in [-0.15, -0.1) is 0 Å². The summed E-state index contributed by atoms with van der Waals surface area (Å²) in [6.45, 7) is 0. The van der Waals surface area contributed by atoms with Crippen LogP contribution in [0.4, 0.5) is 11.4 Å². The van der Waals surface area contributed by atoms with Crippen molar-refractivity contribution in [2.24, 2.45) is 0 Å². The Hall–Kier alpha value is -3.13. The minimum Gasteiger partial charge on any atom is -0.495 e. The van der Waals surface area contributed by atoms with E-state index in [1.807, 2.05) is 0 Å². The molecule has 0 aliphatic heterocycles.